The van der Waals surface area contributed by atoms with E-state index in [9.17, 15) is 4.39 Å². The van der Waals surface area contributed by atoms with Crippen LogP contribution in [0.2, 0.25) is 0 Å². The SMILES string of the molecule is COc1c(C=NN=C(N)N)ccc(F)c1Br. The van der Waals surface area contributed by atoms with Crippen LogP contribution in [0.1, 0.15) is 5.56 Å². The Hall–Kier alpha value is -1.63. The minimum Gasteiger partial charge on any atom is -0.495 e. The average Bonchev–Trinajstić information content (AvgIpc) is 2.23. The van der Waals surface area contributed by atoms with Crippen molar-refractivity contribution in [3.05, 3.63) is 28.0 Å². The molecule has 1 aromatic carbocycles. The second-order valence-electron chi connectivity index (χ2n) is 2.75. The highest BCUT2D eigenvalue weighted by atomic mass is 79.9. The molecule has 5 nitrogen and oxygen atoms in total. The standard InChI is InChI=1S/C9H10BrFN4O/c1-16-8-5(4-14-15-9(12)13)2-3-6(11)7(8)10/h2-4H,1H3,(H4,12,13,15). The number of hydrogen-bond donors (Lipinski definition) is 2. The Morgan fingerprint density at radius 3 is 2.75 bits per heavy atom. The van der Waals surface area contributed by atoms with Gasteiger partial charge in [-0.1, -0.05) is 0 Å². The van der Waals surface area contributed by atoms with Gasteiger partial charge in [0.15, 0.2) is 0 Å². The Bertz CT molecular complexity index is 443. The van der Waals surface area contributed by atoms with Gasteiger partial charge in [0.2, 0.25) is 5.96 Å². The fraction of sp³-hybridized carbons (Fsp3) is 0.111. The van der Waals surface area contributed by atoms with Crippen LogP contribution in [0.3, 0.4) is 0 Å². The lowest BCUT2D eigenvalue weighted by Crippen LogP contribution is -2.21. The summed E-state index contributed by atoms with van der Waals surface area (Å²) in [6.45, 7) is 0. The summed E-state index contributed by atoms with van der Waals surface area (Å²) in [4.78, 5) is 0. The summed E-state index contributed by atoms with van der Waals surface area (Å²) in [6, 6.07) is 2.79. The second kappa shape index (κ2) is 5.45. The maximum absolute atomic E-state index is 13.2. The minimum atomic E-state index is -0.421. The van der Waals surface area contributed by atoms with Gasteiger partial charge < -0.3 is 16.2 Å². The molecule has 0 spiro atoms. The van der Waals surface area contributed by atoms with Gasteiger partial charge in [-0.2, -0.15) is 5.10 Å². The monoisotopic (exact) mass is 288 g/mol. The summed E-state index contributed by atoms with van der Waals surface area (Å²) in [6.07, 6.45) is 1.36. The molecule has 0 bridgehead atoms. The normalized spacial score (nSPS) is 10.4. The van der Waals surface area contributed by atoms with Crippen molar-refractivity contribution in [1.29, 1.82) is 0 Å². The molecule has 0 amide bonds. The van der Waals surface area contributed by atoms with E-state index in [1.807, 2.05) is 0 Å². The molecule has 7 heteroatoms. The molecule has 0 radical (unpaired) electrons. The Labute approximate surface area is 100 Å². The van der Waals surface area contributed by atoms with Gasteiger partial charge >= 0.3 is 0 Å². The van der Waals surface area contributed by atoms with E-state index in [0.29, 0.717) is 11.3 Å². The summed E-state index contributed by atoms with van der Waals surface area (Å²) in [5.41, 5.74) is 10.7. The Kier molecular flexibility index (Phi) is 4.24. The van der Waals surface area contributed by atoms with Crippen LogP contribution in [0.25, 0.3) is 0 Å². The zero-order chi connectivity index (χ0) is 12.1. The lowest BCUT2D eigenvalue weighted by atomic mass is 10.2. The minimum absolute atomic E-state index is 0.156. The van der Waals surface area contributed by atoms with Gasteiger partial charge in [-0.05, 0) is 28.1 Å². The van der Waals surface area contributed by atoms with Crippen molar-refractivity contribution in [2.75, 3.05) is 7.11 Å². The van der Waals surface area contributed by atoms with E-state index in [0.717, 1.165) is 0 Å². The molecule has 4 N–H and O–H groups in total. The maximum Gasteiger partial charge on any atom is 0.211 e. The first-order valence-electron chi connectivity index (χ1n) is 4.20. The second-order valence-corrected chi connectivity index (χ2v) is 3.55. The van der Waals surface area contributed by atoms with Gasteiger partial charge in [0.05, 0.1) is 17.8 Å². The van der Waals surface area contributed by atoms with Crippen LogP contribution in [0.4, 0.5) is 4.39 Å². The van der Waals surface area contributed by atoms with Crippen molar-refractivity contribution in [3.8, 4) is 5.75 Å². The highest BCUT2D eigenvalue weighted by Crippen LogP contribution is 2.30. The van der Waals surface area contributed by atoms with Crippen LogP contribution in [-0.2, 0) is 0 Å². The van der Waals surface area contributed by atoms with Crippen LogP contribution in [0, 0.1) is 5.82 Å². The van der Waals surface area contributed by atoms with Crippen molar-refractivity contribution in [2.24, 2.45) is 21.7 Å². The fourth-order valence-corrected chi connectivity index (χ4v) is 1.54. The van der Waals surface area contributed by atoms with Crippen LogP contribution < -0.4 is 16.2 Å². The molecule has 0 saturated carbocycles. The smallest absolute Gasteiger partial charge is 0.211 e. The molecule has 0 atom stereocenters. The molecule has 0 aliphatic carbocycles. The highest BCUT2D eigenvalue weighted by molar-refractivity contribution is 9.10. The van der Waals surface area contributed by atoms with E-state index >= 15 is 0 Å². The van der Waals surface area contributed by atoms with E-state index in [4.69, 9.17) is 16.2 Å². The summed E-state index contributed by atoms with van der Waals surface area (Å²) in [7, 11) is 1.43. The van der Waals surface area contributed by atoms with Crippen LogP contribution in [0.5, 0.6) is 5.75 Å². The van der Waals surface area contributed by atoms with E-state index in [2.05, 4.69) is 26.1 Å². The van der Waals surface area contributed by atoms with Gasteiger partial charge in [0.25, 0.3) is 0 Å². The third-order valence-corrected chi connectivity index (χ3v) is 2.39. The summed E-state index contributed by atoms with van der Waals surface area (Å²) in [5, 5.41) is 7.03. The lowest BCUT2D eigenvalue weighted by Gasteiger charge is -2.06. The number of rotatable bonds is 3. The van der Waals surface area contributed by atoms with E-state index in [-0.39, 0.29) is 10.4 Å². The van der Waals surface area contributed by atoms with Gasteiger partial charge in [0.1, 0.15) is 11.6 Å². The van der Waals surface area contributed by atoms with Crippen LogP contribution in [0.15, 0.2) is 26.8 Å². The number of hydrogen-bond acceptors (Lipinski definition) is 3. The first-order valence-corrected chi connectivity index (χ1v) is 4.99. The first kappa shape index (κ1) is 12.4. The van der Waals surface area contributed by atoms with Crippen LogP contribution in [-0.4, -0.2) is 19.3 Å². The molecule has 0 unspecified atom stereocenters. The van der Waals surface area contributed by atoms with Crippen molar-refractivity contribution in [1.82, 2.24) is 0 Å². The van der Waals surface area contributed by atoms with Crippen molar-refractivity contribution in [3.63, 3.8) is 0 Å². The molecule has 1 rings (SSSR count). The molecular weight excluding hydrogens is 279 g/mol. The van der Waals surface area contributed by atoms with Crippen LogP contribution >= 0.6 is 15.9 Å². The van der Waals surface area contributed by atoms with E-state index in [1.165, 1.54) is 25.5 Å². The molecule has 16 heavy (non-hydrogen) atoms. The predicted octanol–water partition coefficient (Wildman–Crippen LogP) is 1.20. The van der Waals surface area contributed by atoms with Gasteiger partial charge in [-0.25, -0.2) is 4.39 Å². The van der Waals surface area contributed by atoms with Gasteiger partial charge in [-0.15, -0.1) is 5.10 Å². The number of guanidine groups is 1. The quantitative estimate of drug-likeness (QED) is 0.498. The number of methoxy groups -OCH3 is 1. The fourth-order valence-electron chi connectivity index (χ4n) is 1.01. The largest absolute Gasteiger partial charge is 0.495 e. The third kappa shape index (κ3) is 2.93. The zero-order valence-corrected chi connectivity index (χ0v) is 10.0. The molecule has 1 aromatic rings. The highest BCUT2D eigenvalue weighted by Gasteiger charge is 2.10. The molecule has 86 valence electrons. The number of benzene rings is 1. The molecule has 0 fully saturated rings. The Morgan fingerprint density at radius 2 is 2.19 bits per heavy atom. The average molecular weight is 289 g/mol. The predicted molar refractivity (Wildman–Crippen MR) is 64.1 cm³/mol. The topological polar surface area (TPSA) is 86.0 Å². The van der Waals surface area contributed by atoms with Crippen molar-refractivity contribution < 1.29 is 9.13 Å². The summed E-state index contributed by atoms with van der Waals surface area (Å²) >= 11 is 3.07. The zero-order valence-electron chi connectivity index (χ0n) is 8.45. The molecule has 0 saturated heterocycles. The molecule has 0 heterocycles. The summed E-state index contributed by atoms with van der Waals surface area (Å²) in [5.74, 6) is -0.248. The molecular formula is C9H10BrFN4O. The number of ether oxygens (including phenoxy) is 1. The molecule has 0 aromatic heterocycles. The Morgan fingerprint density at radius 1 is 1.50 bits per heavy atom. The van der Waals surface area contributed by atoms with E-state index in [1.54, 1.807) is 0 Å². The number of nitrogens with two attached hydrogens (primary N) is 2. The number of halogens is 2. The Balaban J connectivity index is 3.10. The maximum atomic E-state index is 13.2. The van der Waals surface area contributed by atoms with Crippen molar-refractivity contribution in [2.45, 2.75) is 0 Å². The van der Waals surface area contributed by atoms with E-state index < -0.39 is 5.82 Å². The van der Waals surface area contributed by atoms with Crippen molar-refractivity contribution >= 4 is 28.1 Å². The molecule has 0 aliphatic rings. The first-order chi connectivity index (χ1) is 7.56. The number of nitrogens with zero attached hydrogens (tertiary/aromatic N) is 2. The van der Waals surface area contributed by atoms with Gasteiger partial charge in [-0.3, -0.25) is 0 Å². The summed E-state index contributed by atoms with van der Waals surface area (Å²) < 4.78 is 18.4. The molecule has 0 aliphatic heterocycles. The lowest BCUT2D eigenvalue weighted by molar-refractivity contribution is 0.407. The van der Waals surface area contributed by atoms with Gasteiger partial charge in [0, 0.05) is 5.56 Å². The third-order valence-electron chi connectivity index (χ3n) is 1.65.